The minimum absolute atomic E-state index is 0.138. The molecule has 4 nitrogen and oxygen atoms in total. The predicted molar refractivity (Wildman–Crippen MR) is 63.5 cm³/mol. The lowest BCUT2D eigenvalue weighted by Gasteiger charge is -2.37. The summed E-state index contributed by atoms with van der Waals surface area (Å²) in [7, 11) is 0. The van der Waals surface area contributed by atoms with Crippen LogP contribution in [0.2, 0.25) is 0 Å². The first kappa shape index (κ1) is 12.7. The number of hydrogen-bond acceptors (Lipinski definition) is 4. The van der Waals surface area contributed by atoms with Gasteiger partial charge in [-0.25, -0.2) is 9.97 Å². The summed E-state index contributed by atoms with van der Waals surface area (Å²) < 4.78 is 38.0. The number of piperidine rings is 1. The predicted octanol–water partition coefficient (Wildman–Crippen LogP) is 1.95. The van der Waals surface area contributed by atoms with Gasteiger partial charge in [-0.2, -0.15) is 13.2 Å². The second-order valence-corrected chi connectivity index (χ2v) is 5.26. The van der Waals surface area contributed by atoms with Crippen molar-refractivity contribution >= 4 is 5.95 Å². The van der Waals surface area contributed by atoms with Crippen LogP contribution >= 0.6 is 0 Å². The number of alkyl halides is 3. The zero-order chi connectivity index (χ0) is 13.6. The molecule has 2 aliphatic rings. The number of hydrogen-bond donors (Lipinski definition) is 1. The van der Waals surface area contributed by atoms with Gasteiger partial charge >= 0.3 is 6.18 Å². The fourth-order valence-corrected chi connectivity index (χ4v) is 3.18. The van der Waals surface area contributed by atoms with Gasteiger partial charge in [0.15, 0.2) is 0 Å². The second-order valence-electron chi connectivity index (χ2n) is 5.26. The van der Waals surface area contributed by atoms with Crippen molar-refractivity contribution in [2.24, 2.45) is 5.73 Å². The fraction of sp³-hybridized carbons (Fsp3) is 0.667. The van der Waals surface area contributed by atoms with E-state index < -0.39 is 11.9 Å². The molecule has 0 spiro atoms. The Kier molecular flexibility index (Phi) is 2.88. The molecule has 2 N–H and O–H groups in total. The zero-order valence-corrected chi connectivity index (χ0v) is 10.3. The third-order valence-electron chi connectivity index (χ3n) is 3.93. The largest absolute Gasteiger partial charge is 0.433 e. The van der Waals surface area contributed by atoms with Crippen molar-refractivity contribution in [2.75, 3.05) is 4.90 Å². The molecular formula is C12H15F3N4. The number of halogens is 3. The standard InChI is InChI=1S/C12H15F3N4/c13-12(14,15)10-3-4-17-11(18-10)19-8-1-2-9(19)6-7(16)5-8/h3-4,7-9H,1-2,5-6,16H2. The topological polar surface area (TPSA) is 55.0 Å². The fourth-order valence-electron chi connectivity index (χ4n) is 3.18. The zero-order valence-electron chi connectivity index (χ0n) is 10.3. The van der Waals surface area contributed by atoms with Crippen molar-refractivity contribution in [3.8, 4) is 0 Å². The van der Waals surface area contributed by atoms with Crippen LogP contribution in [-0.4, -0.2) is 28.1 Å². The van der Waals surface area contributed by atoms with Crippen molar-refractivity contribution in [1.82, 2.24) is 9.97 Å². The number of aromatic nitrogens is 2. The van der Waals surface area contributed by atoms with Crippen molar-refractivity contribution in [2.45, 2.75) is 50.0 Å². The maximum Gasteiger partial charge on any atom is 0.433 e. The third kappa shape index (κ3) is 2.27. The first-order valence-electron chi connectivity index (χ1n) is 6.39. The van der Waals surface area contributed by atoms with Gasteiger partial charge in [0.05, 0.1) is 0 Å². The number of fused-ring (bicyclic) bond motifs is 2. The molecule has 3 heterocycles. The van der Waals surface area contributed by atoms with Crippen LogP contribution < -0.4 is 10.6 Å². The minimum Gasteiger partial charge on any atom is -0.335 e. The molecule has 2 bridgehead atoms. The van der Waals surface area contributed by atoms with E-state index in [1.807, 2.05) is 4.90 Å². The highest BCUT2D eigenvalue weighted by Crippen LogP contribution is 2.38. The van der Waals surface area contributed by atoms with E-state index in [4.69, 9.17) is 5.73 Å². The molecule has 2 atom stereocenters. The van der Waals surface area contributed by atoms with Crippen LogP contribution in [0.4, 0.5) is 19.1 Å². The Morgan fingerprint density at radius 2 is 1.84 bits per heavy atom. The lowest BCUT2D eigenvalue weighted by molar-refractivity contribution is -0.141. The Labute approximate surface area is 108 Å². The molecule has 19 heavy (non-hydrogen) atoms. The highest BCUT2D eigenvalue weighted by molar-refractivity contribution is 5.38. The first-order chi connectivity index (χ1) is 8.95. The van der Waals surface area contributed by atoms with Crippen LogP contribution in [0, 0.1) is 0 Å². The van der Waals surface area contributed by atoms with Gasteiger partial charge in [-0.3, -0.25) is 0 Å². The van der Waals surface area contributed by atoms with Gasteiger partial charge < -0.3 is 10.6 Å². The maximum absolute atomic E-state index is 12.7. The molecule has 7 heteroatoms. The van der Waals surface area contributed by atoms with Crippen molar-refractivity contribution in [1.29, 1.82) is 0 Å². The molecule has 0 aliphatic carbocycles. The lowest BCUT2D eigenvalue weighted by Crippen LogP contribution is -2.48. The number of nitrogens with two attached hydrogens (primary N) is 1. The highest BCUT2D eigenvalue weighted by Gasteiger charge is 2.42. The van der Waals surface area contributed by atoms with Gasteiger partial charge in [0.2, 0.25) is 5.95 Å². The van der Waals surface area contributed by atoms with Gasteiger partial charge in [0, 0.05) is 24.3 Å². The smallest absolute Gasteiger partial charge is 0.335 e. The van der Waals surface area contributed by atoms with Gasteiger partial charge in [0.1, 0.15) is 5.69 Å². The highest BCUT2D eigenvalue weighted by atomic mass is 19.4. The molecule has 0 aromatic carbocycles. The second kappa shape index (κ2) is 4.33. The number of nitrogens with zero attached hydrogens (tertiary/aromatic N) is 3. The molecule has 3 rings (SSSR count). The molecule has 0 saturated carbocycles. The average molecular weight is 272 g/mol. The van der Waals surface area contributed by atoms with Gasteiger partial charge in [-0.05, 0) is 31.7 Å². The summed E-state index contributed by atoms with van der Waals surface area (Å²) in [5, 5.41) is 0. The number of rotatable bonds is 1. The SMILES string of the molecule is NC1CC2CCC(C1)N2c1nccc(C(F)(F)F)n1. The van der Waals surface area contributed by atoms with Crippen LogP contribution in [0.15, 0.2) is 12.3 Å². The van der Waals surface area contributed by atoms with Gasteiger partial charge in [-0.15, -0.1) is 0 Å². The van der Waals surface area contributed by atoms with Gasteiger partial charge in [-0.1, -0.05) is 0 Å². The summed E-state index contributed by atoms with van der Waals surface area (Å²) in [6.07, 6.45) is 0.268. The van der Waals surface area contributed by atoms with E-state index in [9.17, 15) is 13.2 Å². The minimum atomic E-state index is -4.43. The van der Waals surface area contributed by atoms with E-state index in [1.54, 1.807) is 0 Å². The summed E-state index contributed by atoms with van der Waals surface area (Å²) >= 11 is 0. The monoisotopic (exact) mass is 272 g/mol. The normalized spacial score (nSPS) is 30.7. The van der Waals surface area contributed by atoms with Crippen LogP contribution in [-0.2, 0) is 6.18 Å². The Bertz CT molecular complexity index is 462. The van der Waals surface area contributed by atoms with Gasteiger partial charge in [0.25, 0.3) is 0 Å². The lowest BCUT2D eigenvalue weighted by atomic mass is 9.99. The van der Waals surface area contributed by atoms with E-state index in [0.717, 1.165) is 31.7 Å². The Balaban J connectivity index is 1.91. The first-order valence-corrected chi connectivity index (χ1v) is 6.39. The molecule has 2 aliphatic heterocycles. The summed E-state index contributed by atoms with van der Waals surface area (Å²) in [6, 6.07) is 1.40. The molecule has 1 aromatic rings. The quantitative estimate of drug-likeness (QED) is 0.849. The summed E-state index contributed by atoms with van der Waals surface area (Å²) in [6.45, 7) is 0. The Morgan fingerprint density at radius 3 is 2.42 bits per heavy atom. The van der Waals surface area contributed by atoms with E-state index in [-0.39, 0.29) is 24.1 Å². The molecule has 1 aromatic heterocycles. The molecule has 2 unspecified atom stereocenters. The van der Waals surface area contributed by atoms with Crippen LogP contribution in [0.1, 0.15) is 31.4 Å². The molecular weight excluding hydrogens is 257 g/mol. The maximum atomic E-state index is 12.7. The Morgan fingerprint density at radius 1 is 1.21 bits per heavy atom. The number of anilines is 1. The van der Waals surface area contributed by atoms with Crippen molar-refractivity contribution < 1.29 is 13.2 Å². The van der Waals surface area contributed by atoms with Crippen molar-refractivity contribution in [3.63, 3.8) is 0 Å². The summed E-state index contributed by atoms with van der Waals surface area (Å²) in [5.74, 6) is 0.189. The average Bonchev–Trinajstić information content (AvgIpc) is 2.61. The summed E-state index contributed by atoms with van der Waals surface area (Å²) in [5.41, 5.74) is 5.06. The van der Waals surface area contributed by atoms with E-state index in [2.05, 4.69) is 9.97 Å². The molecule has 0 radical (unpaired) electrons. The van der Waals surface area contributed by atoms with Crippen LogP contribution in [0.3, 0.4) is 0 Å². The Hall–Kier alpha value is -1.37. The van der Waals surface area contributed by atoms with E-state index >= 15 is 0 Å². The third-order valence-corrected chi connectivity index (χ3v) is 3.93. The van der Waals surface area contributed by atoms with Crippen LogP contribution in [0.5, 0.6) is 0 Å². The molecule has 0 amide bonds. The summed E-state index contributed by atoms with van der Waals surface area (Å²) in [4.78, 5) is 9.63. The molecule has 104 valence electrons. The molecule has 2 saturated heterocycles. The van der Waals surface area contributed by atoms with E-state index in [1.165, 1.54) is 6.20 Å². The van der Waals surface area contributed by atoms with Crippen LogP contribution in [0.25, 0.3) is 0 Å². The molecule has 2 fully saturated rings. The van der Waals surface area contributed by atoms with Crippen molar-refractivity contribution in [3.05, 3.63) is 18.0 Å². The van der Waals surface area contributed by atoms with E-state index in [0.29, 0.717) is 0 Å².